The van der Waals surface area contributed by atoms with Gasteiger partial charge in [-0.05, 0) is 24.8 Å². The average Bonchev–Trinajstić information content (AvgIpc) is 2.57. The molecule has 2 atom stereocenters. The summed E-state index contributed by atoms with van der Waals surface area (Å²) in [6.45, 7) is 8.77. The Hall–Kier alpha value is -0.0800. The second-order valence-electron chi connectivity index (χ2n) is 3.90. The Labute approximate surface area is 75.7 Å². The highest BCUT2D eigenvalue weighted by Gasteiger charge is 2.14. The van der Waals surface area contributed by atoms with Crippen molar-refractivity contribution in [3.05, 3.63) is 0 Å². The van der Waals surface area contributed by atoms with Crippen LogP contribution < -0.4 is 5.32 Å². The fourth-order valence-corrected chi connectivity index (χ4v) is 1.42. The number of hydrogen-bond donors (Lipinski definition) is 1. The van der Waals surface area contributed by atoms with Crippen LogP contribution in [0.2, 0.25) is 0 Å². The van der Waals surface area contributed by atoms with Crippen molar-refractivity contribution in [2.75, 3.05) is 26.3 Å². The van der Waals surface area contributed by atoms with Crippen LogP contribution in [0.4, 0.5) is 0 Å². The lowest BCUT2D eigenvalue weighted by Crippen LogP contribution is -2.27. The molecule has 1 rings (SSSR count). The Kier molecular flexibility index (Phi) is 4.62. The fraction of sp³-hybridized carbons (Fsp3) is 1.00. The number of rotatable bonds is 5. The van der Waals surface area contributed by atoms with E-state index in [1.165, 1.54) is 12.8 Å². The quantitative estimate of drug-likeness (QED) is 0.679. The molecular weight excluding hydrogens is 150 g/mol. The summed E-state index contributed by atoms with van der Waals surface area (Å²) in [5.41, 5.74) is 0. The molecule has 1 N–H and O–H groups in total. The fourth-order valence-electron chi connectivity index (χ4n) is 1.42. The van der Waals surface area contributed by atoms with Crippen LogP contribution in [0.25, 0.3) is 0 Å². The van der Waals surface area contributed by atoms with Crippen LogP contribution in [0.15, 0.2) is 0 Å². The Morgan fingerprint density at radius 3 is 3.00 bits per heavy atom. The van der Waals surface area contributed by atoms with Gasteiger partial charge in [-0.25, -0.2) is 0 Å². The van der Waals surface area contributed by atoms with Gasteiger partial charge < -0.3 is 10.1 Å². The minimum Gasteiger partial charge on any atom is -0.381 e. The van der Waals surface area contributed by atoms with Gasteiger partial charge in [-0.1, -0.05) is 20.3 Å². The Balaban J connectivity index is 1.94. The van der Waals surface area contributed by atoms with Gasteiger partial charge in [0.1, 0.15) is 0 Å². The minimum atomic E-state index is 0.772. The summed E-state index contributed by atoms with van der Waals surface area (Å²) in [5, 5.41) is 3.50. The zero-order chi connectivity index (χ0) is 8.81. The average molecular weight is 171 g/mol. The van der Waals surface area contributed by atoms with E-state index in [0.29, 0.717) is 0 Å². The third-order valence-electron chi connectivity index (χ3n) is 2.65. The molecule has 2 nitrogen and oxygen atoms in total. The van der Waals surface area contributed by atoms with Crippen LogP contribution >= 0.6 is 0 Å². The van der Waals surface area contributed by atoms with Crippen molar-refractivity contribution >= 4 is 0 Å². The summed E-state index contributed by atoms with van der Waals surface area (Å²) in [6.07, 6.45) is 2.52. The molecule has 1 saturated heterocycles. The molecule has 0 bridgehead atoms. The van der Waals surface area contributed by atoms with Crippen LogP contribution in [-0.4, -0.2) is 26.3 Å². The molecule has 0 spiro atoms. The number of ether oxygens (including phenoxy) is 1. The van der Waals surface area contributed by atoms with E-state index in [1.54, 1.807) is 0 Å². The summed E-state index contributed by atoms with van der Waals surface area (Å²) >= 11 is 0. The molecular formula is C10H21NO. The maximum Gasteiger partial charge on any atom is 0.0507 e. The molecule has 0 aliphatic carbocycles. The number of hydrogen-bond acceptors (Lipinski definition) is 2. The van der Waals surface area contributed by atoms with Gasteiger partial charge in [-0.15, -0.1) is 0 Å². The first-order valence-corrected chi connectivity index (χ1v) is 5.11. The van der Waals surface area contributed by atoms with Gasteiger partial charge in [0.15, 0.2) is 0 Å². The largest absolute Gasteiger partial charge is 0.381 e. The molecule has 0 saturated carbocycles. The van der Waals surface area contributed by atoms with Crippen molar-refractivity contribution < 1.29 is 4.74 Å². The molecule has 72 valence electrons. The first-order chi connectivity index (χ1) is 5.83. The zero-order valence-electron chi connectivity index (χ0n) is 8.31. The van der Waals surface area contributed by atoms with Gasteiger partial charge in [0.25, 0.3) is 0 Å². The molecule has 1 heterocycles. The third-order valence-corrected chi connectivity index (χ3v) is 2.65. The van der Waals surface area contributed by atoms with Gasteiger partial charge >= 0.3 is 0 Å². The molecule has 12 heavy (non-hydrogen) atoms. The third kappa shape index (κ3) is 3.55. The van der Waals surface area contributed by atoms with Crippen molar-refractivity contribution in [2.24, 2.45) is 11.8 Å². The van der Waals surface area contributed by atoms with Gasteiger partial charge in [0.2, 0.25) is 0 Å². The predicted molar refractivity (Wildman–Crippen MR) is 51.3 cm³/mol. The summed E-state index contributed by atoms with van der Waals surface area (Å²) < 4.78 is 5.30. The Bertz CT molecular complexity index is 110. The summed E-state index contributed by atoms with van der Waals surface area (Å²) in [7, 11) is 0. The molecule has 0 radical (unpaired) electrons. The summed E-state index contributed by atoms with van der Waals surface area (Å²) in [6, 6.07) is 0. The molecule has 0 aromatic heterocycles. The monoisotopic (exact) mass is 171 g/mol. The maximum absolute atomic E-state index is 5.30. The standard InChI is InChI=1S/C10H21NO/c1-3-9(2)6-11-7-10-4-5-12-8-10/h9-11H,3-8H2,1-2H3. The molecule has 0 amide bonds. The molecule has 1 fully saturated rings. The highest BCUT2D eigenvalue weighted by Crippen LogP contribution is 2.10. The maximum atomic E-state index is 5.30. The SMILES string of the molecule is CCC(C)CNCC1CCOC1. The highest BCUT2D eigenvalue weighted by molar-refractivity contribution is 4.67. The van der Waals surface area contributed by atoms with Crippen molar-refractivity contribution in [1.29, 1.82) is 0 Å². The van der Waals surface area contributed by atoms with Crippen molar-refractivity contribution in [3.63, 3.8) is 0 Å². The van der Waals surface area contributed by atoms with E-state index in [4.69, 9.17) is 4.74 Å². The lowest BCUT2D eigenvalue weighted by molar-refractivity contribution is 0.185. The van der Waals surface area contributed by atoms with E-state index < -0.39 is 0 Å². The molecule has 2 unspecified atom stereocenters. The van der Waals surface area contributed by atoms with E-state index in [9.17, 15) is 0 Å². The Morgan fingerprint density at radius 2 is 2.42 bits per heavy atom. The van der Waals surface area contributed by atoms with E-state index in [1.807, 2.05) is 0 Å². The lowest BCUT2D eigenvalue weighted by Gasteiger charge is -2.12. The van der Waals surface area contributed by atoms with Crippen molar-refractivity contribution in [3.8, 4) is 0 Å². The molecule has 0 aromatic rings. The first kappa shape index (κ1) is 10.0. The van der Waals surface area contributed by atoms with E-state index in [-0.39, 0.29) is 0 Å². The summed E-state index contributed by atoms with van der Waals surface area (Å²) in [4.78, 5) is 0. The smallest absolute Gasteiger partial charge is 0.0507 e. The van der Waals surface area contributed by atoms with Crippen LogP contribution in [0.1, 0.15) is 26.7 Å². The normalized spacial score (nSPS) is 26.0. The van der Waals surface area contributed by atoms with Gasteiger partial charge in [0, 0.05) is 13.2 Å². The Morgan fingerprint density at radius 1 is 1.58 bits per heavy atom. The van der Waals surface area contributed by atoms with Crippen LogP contribution in [0, 0.1) is 11.8 Å². The second kappa shape index (κ2) is 5.55. The molecule has 2 heteroatoms. The van der Waals surface area contributed by atoms with Crippen molar-refractivity contribution in [2.45, 2.75) is 26.7 Å². The van der Waals surface area contributed by atoms with Crippen LogP contribution in [0.5, 0.6) is 0 Å². The summed E-state index contributed by atoms with van der Waals surface area (Å²) in [5.74, 6) is 1.58. The van der Waals surface area contributed by atoms with E-state index in [2.05, 4.69) is 19.2 Å². The van der Waals surface area contributed by atoms with Gasteiger partial charge in [0.05, 0.1) is 6.61 Å². The lowest BCUT2D eigenvalue weighted by atomic mass is 10.1. The van der Waals surface area contributed by atoms with Crippen LogP contribution in [0.3, 0.4) is 0 Å². The number of nitrogens with one attached hydrogen (secondary N) is 1. The first-order valence-electron chi connectivity index (χ1n) is 5.11. The molecule has 0 aromatic carbocycles. The minimum absolute atomic E-state index is 0.772. The van der Waals surface area contributed by atoms with Crippen molar-refractivity contribution in [1.82, 2.24) is 5.32 Å². The van der Waals surface area contributed by atoms with Gasteiger partial charge in [-0.3, -0.25) is 0 Å². The molecule has 1 aliphatic heterocycles. The predicted octanol–water partition coefficient (Wildman–Crippen LogP) is 1.66. The second-order valence-corrected chi connectivity index (χ2v) is 3.90. The van der Waals surface area contributed by atoms with E-state index in [0.717, 1.165) is 38.1 Å². The zero-order valence-corrected chi connectivity index (χ0v) is 8.31. The van der Waals surface area contributed by atoms with E-state index >= 15 is 0 Å². The topological polar surface area (TPSA) is 21.3 Å². The molecule has 1 aliphatic rings. The van der Waals surface area contributed by atoms with Gasteiger partial charge in [-0.2, -0.15) is 0 Å². The van der Waals surface area contributed by atoms with Crippen LogP contribution in [-0.2, 0) is 4.74 Å². The highest BCUT2D eigenvalue weighted by atomic mass is 16.5.